The molecule has 0 radical (unpaired) electrons. The molecule has 9 atom stereocenters. The van der Waals surface area contributed by atoms with E-state index in [1.165, 1.54) is 7.11 Å². The van der Waals surface area contributed by atoms with Crippen LogP contribution in [0.4, 0.5) is 15.3 Å². The van der Waals surface area contributed by atoms with Crippen LogP contribution in [0.15, 0.2) is 97.1 Å². The van der Waals surface area contributed by atoms with Crippen LogP contribution in [0.1, 0.15) is 117 Å². The van der Waals surface area contributed by atoms with Crippen molar-refractivity contribution in [2.45, 2.75) is 113 Å². The minimum atomic E-state index is -1.63. The van der Waals surface area contributed by atoms with Gasteiger partial charge >= 0.3 is 12.1 Å². The number of hydrogen-bond donors (Lipinski definition) is 5. The number of imidazole rings is 2. The molecule has 4 aromatic carbocycles. The Morgan fingerprint density at radius 3 is 1.93 bits per heavy atom. The Hall–Kier alpha value is -6.82. The van der Waals surface area contributed by atoms with E-state index in [9.17, 15) is 24.3 Å². The Bertz CT molecular complexity index is 2890. The van der Waals surface area contributed by atoms with Crippen LogP contribution < -0.4 is 16.0 Å². The number of nitrogens with zero attached hydrogens (tertiary/aromatic N) is 6. The van der Waals surface area contributed by atoms with E-state index in [0.717, 1.165) is 97.5 Å². The average Bonchev–Trinajstić information content (AvgIpc) is 4.23. The number of hydrogen-bond acceptors (Lipinski definition) is 10. The monoisotopic (exact) mass is 948 g/mol. The van der Waals surface area contributed by atoms with E-state index < -0.39 is 24.7 Å². The van der Waals surface area contributed by atoms with Crippen LogP contribution in [0, 0.1) is 11.8 Å². The number of methoxy groups -OCH3 is 1. The van der Waals surface area contributed by atoms with Crippen molar-refractivity contribution >= 4 is 51.7 Å². The van der Waals surface area contributed by atoms with Gasteiger partial charge in [-0.2, -0.15) is 0 Å². The second kappa shape index (κ2) is 19.2. The highest BCUT2D eigenvalue weighted by atomic mass is 16.6. The number of aromatic amines is 2. The summed E-state index contributed by atoms with van der Waals surface area (Å²) in [7, 11) is 1.30. The lowest BCUT2D eigenvalue weighted by atomic mass is 9.84. The Balaban J connectivity index is 0.806. The van der Waals surface area contributed by atoms with E-state index in [1.807, 2.05) is 112 Å². The van der Waals surface area contributed by atoms with Gasteiger partial charge in [-0.3, -0.25) is 20.2 Å². The summed E-state index contributed by atoms with van der Waals surface area (Å²) in [5, 5.41) is 12.9. The van der Waals surface area contributed by atoms with Crippen LogP contribution in [0.5, 0.6) is 0 Å². The summed E-state index contributed by atoms with van der Waals surface area (Å²) in [6.45, 7) is 1.44. The summed E-state index contributed by atoms with van der Waals surface area (Å²) in [4.78, 5) is 80.7. The summed E-state index contributed by atoms with van der Waals surface area (Å²) >= 11 is 0. The van der Waals surface area contributed by atoms with Crippen molar-refractivity contribution in [3.63, 3.8) is 0 Å². The maximum absolute atomic E-state index is 14.7. The zero-order chi connectivity index (χ0) is 48.0. The Labute approximate surface area is 405 Å². The van der Waals surface area contributed by atoms with E-state index in [4.69, 9.17) is 25.2 Å². The third kappa shape index (κ3) is 8.64. The van der Waals surface area contributed by atoms with Gasteiger partial charge in [0, 0.05) is 37.4 Å². The molecule has 6 aromatic rings. The molecule has 70 heavy (non-hydrogen) atoms. The molecule has 3 saturated heterocycles. The zero-order valence-electron chi connectivity index (χ0n) is 39.3. The third-order valence-corrected chi connectivity index (χ3v) is 15.6. The van der Waals surface area contributed by atoms with Crippen molar-refractivity contribution in [2.75, 3.05) is 25.1 Å². The number of fused-ring (bicyclic) bond motifs is 4. The number of aliphatic hydroxyl groups is 1. The first-order valence-corrected chi connectivity index (χ1v) is 24.8. The summed E-state index contributed by atoms with van der Waals surface area (Å²) in [6, 6.07) is 28.7. The minimum Gasteiger partial charge on any atom is -0.453 e. The van der Waals surface area contributed by atoms with Crippen molar-refractivity contribution in [3.05, 3.63) is 125 Å². The minimum absolute atomic E-state index is 0.0121. The SMILES string of the molecule is COC(=O)N[C@@H](C(=O)N1[C@H](c2nc3ccc(CN4CCN(c5ccc6nc([C@@H]7C[C@@H]8CCCC[C@@H]8N7C(=O)[C@H](OC(N)O)c7ccccc7)[nH]c6c5)C4=O)cc3[nH]2)C[C@@H]2CCCC[C@@H]21)c1ccccc1. The largest absolute Gasteiger partial charge is 0.453 e. The molecular formula is C53H60N10O7. The number of carbonyl (C=O) groups is 4. The molecule has 2 saturated carbocycles. The molecule has 5 amide bonds. The van der Waals surface area contributed by atoms with E-state index in [-0.39, 0.29) is 42.0 Å². The average molecular weight is 949 g/mol. The number of nitrogens with one attached hydrogen (secondary N) is 3. The number of alkyl carbamates (subject to hydrolysis) is 1. The van der Waals surface area contributed by atoms with Gasteiger partial charge in [0.2, 0.25) is 6.41 Å². The highest BCUT2D eigenvalue weighted by molar-refractivity contribution is 5.96. The normalized spacial score (nSPS) is 24.7. The number of carbonyl (C=O) groups excluding carboxylic acids is 4. The lowest BCUT2D eigenvalue weighted by Gasteiger charge is -2.36. The van der Waals surface area contributed by atoms with E-state index in [1.54, 1.807) is 4.90 Å². The quantitative estimate of drug-likeness (QED) is 0.0756. The maximum atomic E-state index is 14.7. The zero-order valence-corrected chi connectivity index (χ0v) is 39.3. The predicted molar refractivity (Wildman–Crippen MR) is 260 cm³/mol. The van der Waals surface area contributed by atoms with Crippen molar-refractivity contribution < 1.29 is 33.8 Å². The van der Waals surface area contributed by atoms with Crippen LogP contribution in [-0.2, 0) is 25.6 Å². The number of amides is 5. The number of benzene rings is 4. The molecule has 0 spiro atoms. The Morgan fingerprint density at radius 1 is 0.743 bits per heavy atom. The summed E-state index contributed by atoms with van der Waals surface area (Å²) in [6.07, 6.45) is 6.27. The van der Waals surface area contributed by atoms with Gasteiger partial charge in [0.15, 0.2) is 6.10 Å². The molecule has 2 aliphatic carbocycles. The lowest BCUT2D eigenvalue weighted by molar-refractivity contribution is -0.172. The van der Waals surface area contributed by atoms with Crippen molar-refractivity contribution in [1.82, 2.24) is 40.0 Å². The topological polar surface area (TPSA) is 215 Å². The second-order valence-corrected chi connectivity index (χ2v) is 19.7. The second-order valence-electron chi connectivity index (χ2n) is 19.7. The fraction of sp³-hybridized carbons (Fsp3) is 0.434. The number of nitrogens with two attached hydrogens (primary N) is 1. The van der Waals surface area contributed by atoms with Crippen molar-refractivity contribution in [3.8, 4) is 0 Å². The van der Waals surface area contributed by atoms with Gasteiger partial charge in [0.25, 0.3) is 11.8 Å². The van der Waals surface area contributed by atoms with E-state index in [0.29, 0.717) is 54.2 Å². The summed E-state index contributed by atoms with van der Waals surface area (Å²) < 4.78 is 10.7. The molecule has 17 heteroatoms. The number of H-pyrrole nitrogens is 2. The predicted octanol–water partition coefficient (Wildman–Crippen LogP) is 7.64. The first-order chi connectivity index (χ1) is 34.1. The van der Waals surface area contributed by atoms with Gasteiger partial charge in [-0.25, -0.2) is 19.6 Å². The Morgan fingerprint density at radius 2 is 1.31 bits per heavy atom. The molecule has 6 N–H and O–H groups in total. The number of aliphatic hydroxyl groups excluding tert-OH is 1. The fourth-order valence-electron chi connectivity index (χ4n) is 12.3. The number of urea groups is 1. The van der Waals surface area contributed by atoms with Crippen molar-refractivity contribution in [1.29, 1.82) is 0 Å². The number of likely N-dealkylation sites (tertiary alicyclic amines) is 2. The number of rotatable bonds is 12. The molecule has 364 valence electrons. The standard InChI is InChI=1S/C53H60N10O7/c1-69-52(67)59-45(32-12-4-2-5-13-32)49(64)62-41-18-10-8-16-34(41)27-43(62)47-55-37-22-20-31(26-39(37)57-47)30-60-24-25-61(53(60)68)36-21-23-38-40(29-36)58-48(56-38)44-28-35-17-9-11-19-42(35)63(44)50(65)46(70-51(54)66)33-14-6-3-7-15-33/h2-7,12-15,20-23,26,29,34-35,41-46,51,66H,8-11,16-19,24-25,27-28,30,54H2,1H3,(H,55,57)(H,56,58)(H,59,67)/t34-,35-,41-,42-,43-,44-,45+,46+,51?/m0/s1. The first-order valence-electron chi connectivity index (χ1n) is 24.8. The van der Waals surface area contributed by atoms with Crippen LogP contribution in [0.25, 0.3) is 22.1 Å². The van der Waals surface area contributed by atoms with Gasteiger partial charge in [-0.15, -0.1) is 0 Å². The number of aromatic nitrogens is 4. The molecule has 3 aliphatic heterocycles. The van der Waals surface area contributed by atoms with Crippen LogP contribution in [-0.4, -0.2) is 102 Å². The highest BCUT2D eigenvalue weighted by Gasteiger charge is 2.50. The van der Waals surface area contributed by atoms with Gasteiger partial charge < -0.3 is 44.6 Å². The van der Waals surface area contributed by atoms with E-state index >= 15 is 0 Å². The molecule has 5 fully saturated rings. The van der Waals surface area contributed by atoms with Crippen LogP contribution in [0.2, 0.25) is 0 Å². The molecule has 1 unspecified atom stereocenters. The molecule has 17 nitrogen and oxygen atoms in total. The molecule has 5 aliphatic rings. The molecular weight excluding hydrogens is 889 g/mol. The molecule has 11 rings (SSSR count). The van der Waals surface area contributed by atoms with Gasteiger partial charge in [0.05, 0.1) is 41.3 Å². The lowest BCUT2D eigenvalue weighted by Crippen LogP contribution is -2.47. The number of anilines is 1. The highest BCUT2D eigenvalue weighted by Crippen LogP contribution is 2.49. The summed E-state index contributed by atoms with van der Waals surface area (Å²) in [5.74, 6) is 1.59. The molecule has 5 heterocycles. The van der Waals surface area contributed by atoms with Crippen LogP contribution >= 0.6 is 0 Å². The van der Waals surface area contributed by atoms with E-state index in [2.05, 4.69) is 15.3 Å². The molecule has 0 bridgehead atoms. The smallest absolute Gasteiger partial charge is 0.407 e. The molecule has 2 aromatic heterocycles. The Kier molecular flexibility index (Phi) is 12.5. The van der Waals surface area contributed by atoms with Gasteiger partial charge in [0.1, 0.15) is 17.7 Å². The summed E-state index contributed by atoms with van der Waals surface area (Å²) in [5.41, 5.74) is 11.8. The fourth-order valence-corrected chi connectivity index (χ4v) is 12.3. The van der Waals surface area contributed by atoms with Gasteiger partial charge in [-0.05, 0) is 97.4 Å². The van der Waals surface area contributed by atoms with Crippen molar-refractivity contribution in [2.24, 2.45) is 17.6 Å². The number of ether oxygens (including phenoxy) is 2. The first kappa shape index (κ1) is 45.6. The van der Waals surface area contributed by atoms with Crippen LogP contribution in [0.3, 0.4) is 0 Å². The maximum Gasteiger partial charge on any atom is 0.407 e. The third-order valence-electron chi connectivity index (χ3n) is 15.6. The van der Waals surface area contributed by atoms with Gasteiger partial charge in [-0.1, -0.05) is 92.4 Å².